The maximum Gasteiger partial charge on any atom is 0.483 e. The number of phosphoric ester groups is 1. The molecule has 0 bridgehead atoms. The Labute approximate surface area is 112 Å². The fourth-order valence-electron chi connectivity index (χ4n) is 0.815. The average Bonchev–Trinajstić information content (AvgIpc) is 2.21. The zero-order valence-corrected chi connectivity index (χ0v) is 12.8. The first-order valence-electron chi connectivity index (χ1n) is 5.54. The molecule has 0 heterocycles. The molecule has 2 N–H and O–H groups in total. The summed E-state index contributed by atoms with van der Waals surface area (Å²) in [5, 5.41) is 8.45. The first-order chi connectivity index (χ1) is 8.27. The Morgan fingerprint density at radius 3 is 2.44 bits per heavy atom. The summed E-state index contributed by atoms with van der Waals surface area (Å²) in [7, 11) is 1.89. The molecule has 0 amide bonds. The van der Waals surface area contributed by atoms with Crippen molar-refractivity contribution in [1.29, 1.82) is 0 Å². The van der Waals surface area contributed by atoms with E-state index in [1.54, 1.807) is 0 Å². The third kappa shape index (κ3) is 12.8. The highest BCUT2D eigenvalue weighted by Crippen LogP contribution is 2.46. The number of quaternary nitrogens is 1. The summed E-state index contributed by atoms with van der Waals surface area (Å²) < 4.78 is 26.5. The number of hydrogen-bond acceptors (Lipinski definition) is 6. The lowest BCUT2D eigenvalue weighted by Gasteiger charge is -2.23. The van der Waals surface area contributed by atoms with Gasteiger partial charge in [0.05, 0.1) is 41.0 Å². The second-order valence-corrected chi connectivity index (χ2v) is 6.98. The van der Waals surface area contributed by atoms with Crippen molar-refractivity contribution in [2.45, 2.75) is 0 Å². The second-order valence-electron chi connectivity index (χ2n) is 4.55. The third-order valence-electron chi connectivity index (χ3n) is 1.71. The molecule has 110 valence electrons. The summed E-state index contributed by atoms with van der Waals surface area (Å²) in [5.74, 6) is 0.392. The van der Waals surface area contributed by atoms with Gasteiger partial charge in [-0.1, -0.05) is 0 Å². The van der Waals surface area contributed by atoms with Crippen LogP contribution in [0.3, 0.4) is 0 Å². The van der Waals surface area contributed by atoms with Crippen molar-refractivity contribution in [2.24, 2.45) is 0 Å². The monoisotopic (exact) mass is 304 g/mol. The van der Waals surface area contributed by atoms with Gasteiger partial charge in [0.2, 0.25) is 0 Å². The SMILES string of the molecule is C[N+](C)(C)CCOP(=O)(O)OSCCOCCO. The highest BCUT2D eigenvalue weighted by atomic mass is 32.2. The smallest absolute Gasteiger partial charge is 0.394 e. The molecule has 0 radical (unpaired) electrons. The predicted octanol–water partition coefficient (Wildman–Crippen LogP) is 0.483. The molecule has 0 fully saturated rings. The van der Waals surface area contributed by atoms with Crippen LogP contribution < -0.4 is 0 Å². The number of nitrogens with zero attached hydrogens (tertiary/aromatic N) is 1. The molecule has 0 rings (SSSR count). The van der Waals surface area contributed by atoms with Crippen LogP contribution in [-0.2, 0) is 17.8 Å². The van der Waals surface area contributed by atoms with Gasteiger partial charge >= 0.3 is 7.82 Å². The number of hydrogen-bond donors (Lipinski definition) is 2. The number of aliphatic hydroxyl groups excluding tert-OH is 1. The van der Waals surface area contributed by atoms with E-state index < -0.39 is 7.82 Å². The summed E-state index contributed by atoms with van der Waals surface area (Å²) in [6, 6.07) is 0. The Kier molecular flexibility index (Phi) is 9.45. The topological polar surface area (TPSA) is 85.2 Å². The van der Waals surface area contributed by atoms with Gasteiger partial charge in [0, 0.05) is 17.8 Å². The van der Waals surface area contributed by atoms with Crippen molar-refractivity contribution in [3.63, 3.8) is 0 Å². The van der Waals surface area contributed by atoms with E-state index in [4.69, 9.17) is 14.4 Å². The summed E-state index contributed by atoms with van der Waals surface area (Å²) >= 11 is 0.819. The van der Waals surface area contributed by atoms with Crippen molar-refractivity contribution >= 4 is 19.9 Å². The van der Waals surface area contributed by atoms with Gasteiger partial charge in [-0.25, -0.2) is 8.54 Å². The zero-order chi connectivity index (χ0) is 14.1. The van der Waals surface area contributed by atoms with Crippen LogP contribution >= 0.6 is 19.9 Å². The maximum atomic E-state index is 11.4. The highest BCUT2D eigenvalue weighted by Gasteiger charge is 2.23. The van der Waals surface area contributed by atoms with Crippen molar-refractivity contribution in [2.75, 3.05) is 59.9 Å². The minimum absolute atomic E-state index is 0.0435. The van der Waals surface area contributed by atoms with Crippen LogP contribution in [0.1, 0.15) is 0 Å². The molecule has 1 atom stereocenters. The van der Waals surface area contributed by atoms with Gasteiger partial charge in [-0.2, -0.15) is 0 Å². The Morgan fingerprint density at radius 2 is 1.89 bits per heavy atom. The Balaban J connectivity index is 3.58. The maximum absolute atomic E-state index is 11.4. The minimum Gasteiger partial charge on any atom is -0.394 e. The lowest BCUT2D eigenvalue weighted by molar-refractivity contribution is -0.870. The normalized spacial score (nSPS) is 15.6. The summed E-state index contributed by atoms with van der Waals surface area (Å²) in [6.07, 6.45) is 0. The van der Waals surface area contributed by atoms with E-state index in [0.717, 1.165) is 12.0 Å². The molecule has 0 aliphatic heterocycles. The molecule has 9 heteroatoms. The zero-order valence-electron chi connectivity index (χ0n) is 11.1. The standard InChI is InChI=1S/C9H22NO6PS/c1-10(2,3)4-6-15-17(12,13)16-18-9-8-14-7-5-11/h11H,4-9H2,1-3H3/p+1. The van der Waals surface area contributed by atoms with Gasteiger partial charge in [0.15, 0.2) is 0 Å². The van der Waals surface area contributed by atoms with E-state index in [1.165, 1.54) is 0 Å². The predicted molar refractivity (Wildman–Crippen MR) is 70.1 cm³/mol. The summed E-state index contributed by atoms with van der Waals surface area (Å²) in [5.41, 5.74) is 0. The molecule has 18 heavy (non-hydrogen) atoms. The third-order valence-corrected chi connectivity index (χ3v) is 3.73. The van der Waals surface area contributed by atoms with E-state index in [9.17, 15) is 9.46 Å². The van der Waals surface area contributed by atoms with Crippen molar-refractivity contribution < 1.29 is 32.3 Å². The van der Waals surface area contributed by atoms with Crippen molar-refractivity contribution in [3.8, 4) is 0 Å². The Morgan fingerprint density at radius 1 is 1.22 bits per heavy atom. The van der Waals surface area contributed by atoms with E-state index in [-0.39, 0.29) is 19.8 Å². The molecule has 0 spiro atoms. The van der Waals surface area contributed by atoms with Gasteiger partial charge in [-0.15, -0.1) is 0 Å². The molecular weight excluding hydrogens is 281 g/mol. The Bertz CT molecular complexity index is 260. The van der Waals surface area contributed by atoms with Crippen LogP contribution in [0, 0.1) is 0 Å². The van der Waals surface area contributed by atoms with Crippen LogP contribution in [0.5, 0.6) is 0 Å². The molecule has 0 aliphatic carbocycles. The highest BCUT2D eigenvalue weighted by molar-refractivity contribution is 7.97. The van der Waals surface area contributed by atoms with E-state index in [2.05, 4.69) is 3.97 Å². The molecule has 0 aromatic carbocycles. The molecule has 0 aromatic rings. The van der Waals surface area contributed by atoms with Crippen LogP contribution in [0.2, 0.25) is 0 Å². The molecule has 0 saturated heterocycles. The largest absolute Gasteiger partial charge is 0.483 e. The van der Waals surface area contributed by atoms with Crippen LogP contribution in [0.4, 0.5) is 0 Å². The van der Waals surface area contributed by atoms with E-state index in [1.807, 2.05) is 21.1 Å². The van der Waals surface area contributed by atoms with E-state index >= 15 is 0 Å². The number of aliphatic hydroxyl groups is 1. The fourth-order valence-corrected chi connectivity index (χ4v) is 2.32. The quantitative estimate of drug-likeness (QED) is 0.248. The van der Waals surface area contributed by atoms with Crippen molar-refractivity contribution in [3.05, 3.63) is 0 Å². The van der Waals surface area contributed by atoms with Crippen LogP contribution in [-0.4, -0.2) is 74.4 Å². The lowest BCUT2D eigenvalue weighted by Crippen LogP contribution is -2.37. The molecule has 0 aliphatic rings. The molecule has 0 saturated carbocycles. The summed E-state index contributed by atoms with van der Waals surface area (Å²) in [4.78, 5) is 9.32. The minimum atomic E-state index is -3.99. The molecule has 1 unspecified atom stereocenters. The first kappa shape index (κ1) is 18.3. The second kappa shape index (κ2) is 9.28. The number of ether oxygens (including phenoxy) is 1. The number of rotatable bonds is 11. The number of likely N-dealkylation sites (N-methyl/N-ethyl adjacent to an activating group) is 1. The van der Waals surface area contributed by atoms with Crippen LogP contribution in [0.25, 0.3) is 0 Å². The first-order valence-corrected chi connectivity index (χ1v) is 7.95. The van der Waals surface area contributed by atoms with E-state index in [0.29, 0.717) is 23.4 Å². The van der Waals surface area contributed by atoms with Gasteiger partial charge in [-0.05, 0) is 0 Å². The van der Waals surface area contributed by atoms with Gasteiger partial charge in [0.1, 0.15) is 13.2 Å². The summed E-state index contributed by atoms with van der Waals surface area (Å²) in [6.45, 7) is 1.30. The fraction of sp³-hybridized carbons (Fsp3) is 1.00. The molecule has 7 nitrogen and oxygen atoms in total. The molecule has 0 aromatic heterocycles. The van der Waals surface area contributed by atoms with Gasteiger partial charge in [0.25, 0.3) is 0 Å². The van der Waals surface area contributed by atoms with Crippen molar-refractivity contribution in [1.82, 2.24) is 0 Å². The lowest BCUT2D eigenvalue weighted by atomic mass is 10.5. The Hall–Kier alpha value is 0.340. The van der Waals surface area contributed by atoms with Crippen LogP contribution in [0.15, 0.2) is 0 Å². The van der Waals surface area contributed by atoms with Gasteiger partial charge < -0.3 is 19.2 Å². The van der Waals surface area contributed by atoms with Gasteiger partial charge in [-0.3, -0.25) is 4.52 Å². The number of phosphoric acid groups is 1. The molecular formula is C9H23NO6PS+. The average molecular weight is 304 g/mol.